The molecule has 0 aliphatic carbocycles. The molecule has 0 amide bonds. The summed E-state index contributed by atoms with van der Waals surface area (Å²) in [6, 6.07) is 19.9. The van der Waals surface area contributed by atoms with Crippen molar-refractivity contribution in [3.8, 4) is 28.3 Å². The molecule has 0 atom stereocenters. The van der Waals surface area contributed by atoms with Crippen LogP contribution >= 0.6 is 11.6 Å². The molecule has 1 aliphatic heterocycles. The second-order valence-electron chi connectivity index (χ2n) is 9.97. The number of hydrogen-bond acceptors (Lipinski definition) is 8. The number of aromatic nitrogens is 4. The van der Waals surface area contributed by atoms with Gasteiger partial charge in [0.1, 0.15) is 11.3 Å². The number of anilines is 2. The third-order valence-electron chi connectivity index (χ3n) is 7.18. The number of β-amino-alcohol motifs (C(OH)–C–C–N with tert-alkyl or cyclic N) is 1. The fourth-order valence-corrected chi connectivity index (χ4v) is 5.45. The van der Waals surface area contributed by atoms with Gasteiger partial charge in [-0.3, -0.25) is 9.88 Å². The van der Waals surface area contributed by atoms with Crippen molar-refractivity contribution in [2.75, 3.05) is 25.5 Å². The van der Waals surface area contributed by atoms with Crippen LogP contribution in [0.5, 0.6) is 5.88 Å². The lowest BCUT2D eigenvalue weighted by Gasteiger charge is -2.35. The molecule has 6 rings (SSSR count). The molecular weight excluding hydrogens is 524 g/mol. The van der Waals surface area contributed by atoms with E-state index in [0.717, 1.165) is 44.7 Å². The number of hydrogen-bond donors (Lipinski definition) is 2. The summed E-state index contributed by atoms with van der Waals surface area (Å²) >= 11 is 7.06. The summed E-state index contributed by atoms with van der Waals surface area (Å²) in [6.45, 7) is 5.94. The Labute approximate surface area is 237 Å². The van der Waals surface area contributed by atoms with E-state index in [9.17, 15) is 5.11 Å². The van der Waals surface area contributed by atoms with Crippen LogP contribution < -0.4 is 10.1 Å². The van der Waals surface area contributed by atoms with Crippen molar-refractivity contribution >= 4 is 34.1 Å². The number of halogens is 1. The Morgan fingerprint density at radius 1 is 0.950 bits per heavy atom. The minimum absolute atomic E-state index is 0.252. The van der Waals surface area contributed by atoms with Crippen molar-refractivity contribution in [2.24, 2.45) is 0 Å². The summed E-state index contributed by atoms with van der Waals surface area (Å²) in [6.07, 6.45) is 1.49. The lowest BCUT2D eigenvalue weighted by molar-refractivity contribution is -0.00330. The molecule has 1 fully saturated rings. The van der Waals surface area contributed by atoms with E-state index < -0.39 is 0 Å². The number of aliphatic hydroxyl groups is 1. The summed E-state index contributed by atoms with van der Waals surface area (Å²) in [5.74, 6) is 1.89. The van der Waals surface area contributed by atoms with Crippen molar-refractivity contribution in [2.45, 2.75) is 26.5 Å². The third kappa shape index (κ3) is 4.97. The number of nitrogens with one attached hydrogen (secondary N) is 1. The van der Waals surface area contributed by atoms with Crippen LogP contribution in [0.2, 0.25) is 5.02 Å². The van der Waals surface area contributed by atoms with Crippen LogP contribution in [-0.2, 0) is 6.54 Å². The summed E-state index contributed by atoms with van der Waals surface area (Å²) in [7, 11) is 1.62. The number of benzene rings is 2. The summed E-state index contributed by atoms with van der Waals surface area (Å²) in [4.78, 5) is 20.6. The van der Waals surface area contributed by atoms with E-state index in [4.69, 9.17) is 21.3 Å². The van der Waals surface area contributed by atoms with Crippen LogP contribution in [0.3, 0.4) is 0 Å². The Morgan fingerprint density at radius 2 is 1.73 bits per heavy atom. The van der Waals surface area contributed by atoms with Crippen LogP contribution in [-0.4, -0.2) is 56.2 Å². The molecule has 0 unspecified atom stereocenters. The lowest BCUT2D eigenvalue weighted by atomic mass is 9.96. The number of aryl methyl sites for hydroxylation is 1. The van der Waals surface area contributed by atoms with Crippen molar-refractivity contribution in [1.29, 1.82) is 0 Å². The van der Waals surface area contributed by atoms with E-state index >= 15 is 0 Å². The van der Waals surface area contributed by atoms with Gasteiger partial charge < -0.3 is 15.2 Å². The number of likely N-dealkylation sites (tertiary alicyclic amines) is 1. The molecule has 0 radical (unpaired) electrons. The minimum Gasteiger partial charge on any atom is -0.481 e. The monoisotopic (exact) mass is 552 g/mol. The molecule has 0 saturated carbocycles. The summed E-state index contributed by atoms with van der Waals surface area (Å²) in [5, 5.41) is 13.7. The molecule has 2 N–H and O–H groups in total. The molecular formula is C31H29ClN6O2. The highest BCUT2D eigenvalue weighted by Crippen LogP contribution is 2.40. The molecule has 40 heavy (non-hydrogen) atoms. The summed E-state index contributed by atoms with van der Waals surface area (Å²) < 4.78 is 5.62. The fraction of sp³-hybridized carbons (Fsp3) is 0.226. The zero-order valence-electron chi connectivity index (χ0n) is 22.5. The van der Waals surface area contributed by atoms with E-state index in [-0.39, 0.29) is 6.10 Å². The van der Waals surface area contributed by atoms with Gasteiger partial charge in [-0.25, -0.2) is 15.0 Å². The number of methoxy groups -OCH3 is 1. The van der Waals surface area contributed by atoms with Crippen molar-refractivity contribution in [3.63, 3.8) is 0 Å². The molecule has 8 nitrogen and oxygen atoms in total. The maximum atomic E-state index is 9.61. The largest absolute Gasteiger partial charge is 0.481 e. The Morgan fingerprint density at radius 3 is 2.52 bits per heavy atom. The van der Waals surface area contributed by atoms with Gasteiger partial charge in [-0.2, -0.15) is 0 Å². The SMILES string of the molecule is COc1nc(-c2cccc(-c3cccc(Nc4nc(C)nc5cccnc45)c3C)c2Cl)ccc1CN1CC(O)C1. The lowest BCUT2D eigenvalue weighted by Crippen LogP contribution is -2.49. The molecule has 5 aromatic rings. The first-order chi connectivity index (χ1) is 19.4. The molecule has 202 valence electrons. The minimum atomic E-state index is -0.252. The number of fused-ring (bicyclic) bond motifs is 1. The average Bonchev–Trinajstić information content (AvgIpc) is 2.94. The Hall–Kier alpha value is -4.11. The molecule has 1 aliphatic rings. The quantitative estimate of drug-likeness (QED) is 0.255. The number of aliphatic hydroxyl groups excluding tert-OH is 1. The molecule has 2 aromatic carbocycles. The first kappa shape index (κ1) is 26.1. The van der Waals surface area contributed by atoms with Gasteiger partial charge in [-0.05, 0) is 49.2 Å². The van der Waals surface area contributed by atoms with Gasteiger partial charge in [0, 0.05) is 48.2 Å². The maximum absolute atomic E-state index is 9.61. The normalized spacial score (nSPS) is 13.8. The van der Waals surface area contributed by atoms with Gasteiger partial charge in [0.05, 0.1) is 29.4 Å². The van der Waals surface area contributed by atoms with Crippen LogP contribution in [0.25, 0.3) is 33.4 Å². The van der Waals surface area contributed by atoms with Gasteiger partial charge in [0.2, 0.25) is 5.88 Å². The first-order valence-electron chi connectivity index (χ1n) is 13.1. The molecule has 4 heterocycles. The van der Waals surface area contributed by atoms with Gasteiger partial charge in [-0.1, -0.05) is 48.0 Å². The molecule has 9 heteroatoms. The van der Waals surface area contributed by atoms with E-state index in [1.54, 1.807) is 13.3 Å². The Bertz CT molecular complexity index is 1720. The molecule has 3 aromatic heterocycles. The van der Waals surface area contributed by atoms with E-state index in [0.29, 0.717) is 47.7 Å². The highest BCUT2D eigenvalue weighted by atomic mass is 35.5. The van der Waals surface area contributed by atoms with Gasteiger partial charge in [0.25, 0.3) is 0 Å². The van der Waals surface area contributed by atoms with Crippen molar-refractivity contribution in [1.82, 2.24) is 24.8 Å². The molecule has 0 bridgehead atoms. The number of ether oxygens (including phenoxy) is 1. The maximum Gasteiger partial charge on any atom is 0.218 e. The Balaban J connectivity index is 1.34. The zero-order chi connectivity index (χ0) is 27.8. The zero-order valence-corrected chi connectivity index (χ0v) is 23.3. The Kier molecular flexibility index (Phi) is 7.06. The molecule has 0 spiro atoms. The topological polar surface area (TPSA) is 96.3 Å². The number of pyridine rings is 2. The van der Waals surface area contributed by atoms with Gasteiger partial charge in [-0.15, -0.1) is 0 Å². The predicted octanol–water partition coefficient (Wildman–Crippen LogP) is 5.95. The van der Waals surface area contributed by atoms with E-state index in [1.165, 1.54) is 0 Å². The van der Waals surface area contributed by atoms with Gasteiger partial charge in [0.15, 0.2) is 5.82 Å². The fourth-order valence-electron chi connectivity index (χ4n) is 5.13. The standard InChI is InChI=1S/C31H29ClN6O2/c1-18-22(7-5-10-25(18)36-30-29-27(11-6-14-33-29)34-19(2)35-30)23-8-4-9-24(28(23)32)26-13-12-20(31(37-26)40-3)15-38-16-21(39)17-38/h4-14,21,39H,15-17H2,1-3H3,(H,34,35,36). The van der Waals surface area contributed by atoms with Crippen LogP contribution in [0.4, 0.5) is 11.5 Å². The first-order valence-corrected chi connectivity index (χ1v) is 13.5. The van der Waals surface area contributed by atoms with E-state index in [1.807, 2.05) is 61.5 Å². The highest BCUT2D eigenvalue weighted by molar-refractivity contribution is 6.36. The predicted molar refractivity (Wildman–Crippen MR) is 158 cm³/mol. The number of rotatable bonds is 7. The highest BCUT2D eigenvalue weighted by Gasteiger charge is 2.25. The smallest absolute Gasteiger partial charge is 0.218 e. The van der Waals surface area contributed by atoms with Crippen molar-refractivity contribution < 1.29 is 9.84 Å². The average molecular weight is 553 g/mol. The van der Waals surface area contributed by atoms with Crippen LogP contribution in [0, 0.1) is 13.8 Å². The second-order valence-corrected chi connectivity index (χ2v) is 10.4. The van der Waals surface area contributed by atoms with Crippen LogP contribution in [0.1, 0.15) is 17.0 Å². The third-order valence-corrected chi connectivity index (χ3v) is 7.59. The van der Waals surface area contributed by atoms with Crippen molar-refractivity contribution in [3.05, 3.63) is 88.8 Å². The second kappa shape index (κ2) is 10.8. The van der Waals surface area contributed by atoms with Gasteiger partial charge >= 0.3 is 0 Å². The number of nitrogens with zero attached hydrogens (tertiary/aromatic N) is 5. The summed E-state index contributed by atoms with van der Waals surface area (Å²) in [5.41, 5.74) is 7.87. The van der Waals surface area contributed by atoms with E-state index in [2.05, 4.69) is 38.2 Å². The van der Waals surface area contributed by atoms with Crippen LogP contribution in [0.15, 0.2) is 66.9 Å². The molecule has 1 saturated heterocycles.